The lowest BCUT2D eigenvalue weighted by Gasteiger charge is -2.26. The van der Waals surface area contributed by atoms with Crippen LogP contribution in [0, 0.1) is 12.8 Å². The molecule has 10 nitrogen and oxygen atoms in total. The van der Waals surface area contributed by atoms with Crippen molar-refractivity contribution in [3.05, 3.63) is 52.9 Å². The number of aldehydes is 1. The number of likely N-dealkylation sites (tertiary alicyclic amines) is 1. The van der Waals surface area contributed by atoms with E-state index in [0.717, 1.165) is 63.5 Å². The topological polar surface area (TPSA) is 133 Å². The van der Waals surface area contributed by atoms with E-state index in [1.807, 2.05) is 32.5 Å². The van der Waals surface area contributed by atoms with Crippen LogP contribution in [0.1, 0.15) is 70.0 Å². The van der Waals surface area contributed by atoms with Crippen LogP contribution >= 0.6 is 11.3 Å². The largest absolute Gasteiger partial charge is 0.392 e. The highest BCUT2D eigenvalue weighted by Gasteiger charge is 2.24. The number of carbonyl (C=O) groups excluding carboxylic acids is 1. The molecule has 246 valence electrons. The molecule has 2 aromatic heterocycles. The Hall–Kier alpha value is -2.67. The number of aryl methyl sites for hydroxylation is 1. The number of rotatable bonds is 8. The SMILES string of the molecule is CC(C)C(C=O)c1cc(N2CCNCC2)no1.CCN[C@@H](C)c1ccc(-c2scnc2C)cc1.CN.C[C@@H]1CC(O)CN1C. The quantitative estimate of drug-likeness (QED) is 0.265. The number of benzene rings is 1. The maximum atomic E-state index is 11.0. The third kappa shape index (κ3) is 11.4. The Balaban J connectivity index is 0.000000237. The molecule has 0 spiro atoms. The number of aromatic nitrogens is 2. The number of hydrogen-bond acceptors (Lipinski definition) is 11. The van der Waals surface area contributed by atoms with Crippen LogP contribution in [0.3, 0.4) is 0 Å². The number of nitrogens with one attached hydrogen (secondary N) is 2. The van der Waals surface area contributed by atoms with Crippen molar-refractivity contribution in [1.29, 1.82) is 0 Å². The second-order valence-corrected chi connectivity index (χ2v) is 12.4. The van der Waals surface area contributed by atoms with Gasteiger partial charge in [-0.05, 0) is 64.9 Å². The zero-order valence-corrected chi connectivity index (χ0v) is 28.7. The van der Waals surface area contributed by atoms with Crippen LogP contribution in [0.25, 0.3) is 10.4 Å². The standard InChI is InChI=1S/C14H18N2S.C12H19N3O2.C6H13NO.CH5N/c1-4-15-10(2)12-5-7-13(8-6-12)14-11(3)16-9-17-14;1-9(2)10(8-16)11-7-12(14-17-11)15-5-3-13-4-6-15;1-5-3-6(8)4-7(5)2;1-2/h5-10,15H,4H2,1-3H3;7-10,13H,3-6H2,1-2H3;5-6,8H,3-4H2,1-2H3;2H2,1H3/t10-;;5-,6?;/m0.1./s1. The number of β-amino-alcohol motifs (C(OH)–C–C–N with tert-alkyl or cyclic N) is 1. The molecule has 2 aliphatic rings. The van der Waals surface area contributed by atoms with Crippen molar-refractivity contribution in [2.24, 2.45) is 11.7 Å². The van der Waals surface area contributed by atoms with Crippen LogP contribution < -0.4 is 21.3 Å². The molecule has 44 heavy (non-hydrogen) atoms. The minimum atomic E-state index is -0.195. The first-order valence-electron chi connectivity index (χ1n) is 15.7. The van der Waals surface area contributed by atoms with E-state index >= 15 is 0 Å². The fourth-order valence-corrected chi connectivity index (χ4v) is 5.93. The van der Waals surface area contributed by atoms with Crippen LogP contribution in [-0.4, -0.2) is 91.9 Å². The molecule has 4 atom stereocenters. The van der Waals surface area contributed by atoms with E-state index < -0.39 is 0 Å². The van der Waals surface area contributed by atoms with Crippen LogP contribution in [0.4, 0.5) is 5.82 Å². The minimum absolute atomic E-state index is 0.0741. The normalized spacial score (nSPS) is 19.6. The second-order valence-electron chi connectivity index (χ2n) is 11.6. The van der Waals surface area contributed by atoms with E-state index in [0.29, 0.717) is 17.8 Å². The Morgan fingerprint density at radius 2 is 1.86 bits per heavy atom. The fourth-order valence-electron chi connectivity index (χ4n) is 5.12. The number of carbonyl (C=O) groups is 1. The number of hydrogen-bond donors (Lipinski definition) is 4. The van der Waals surface area contributed by atoms with Crippen molar-refractivity contribution in [2.75, 3.05) is 58.3 Å². The number of likely N-dealkylation sites (N-methyl/N-ethyl adjacent to an activating group) is 1. The van der Waals surface area contributed by atoms with Gasteiger partial charge in [0.15, 0.2) is 5.82 Å². The van der Waals surface area contributed by atoms with Gasteiger partial charge in [0.1, 0.15) is 12.0 Å². The van der Waals surface area contributed by atoms with Crippen molar-refractivity contribution in [3.8, 4) is 10.4 Å². The van der Waals surface area contributed by atoms with E-state index in [9.17, 15) is 4.79 Å². The van der Waals surface area contributed by atoms with Gasteiger partial charge in [-0.3, -0.25) is 0 Å². The number of nitrogens with zero attached hydrogens (tertiary/aromatic N) is 4. The van der Waals surface area contributed by atoms with Crippen molar-refractivity contribution >= 4 is 23.4 Å². The molecule has 0 radical (unpaired) electrons. The summed E-state index contributed by atoms with van der Waals surface area (Å²) in [5.41, 5.74) is 10.1. The first kappa shape index (κ1) is 37.5. The van der Waals surface area contributed by atoms with E-state index in [1.165, 1.54) is 23.1 Å². The molecule has 0 amide bonds. The summed E-state index contributed by atoms with van der Waals surface area (Å²) >= 11 is 1.70. The molecule has 0 saturated carbocycles. The van der Waals surface area contributed by atoms with Gasteiger partial charge in [-0.25, -0.2) is 4.98 Å². The van der Waals surface area contributed by atoms with Gasteiger partial charge in [0.25, 0.3) is 0 Å². The first-order valence-corrected chi connectivity index (χ1v) is 16.6. The minimum Gasteiger partial charge on any atom is -0.392 e. The highest BCUT2D eigenvalue weighted by molar-refractivity contribution is 7.13. The number of nitrogens with two attached hydrogens (primary N) is 1. The van der Waals surface area contributed by atoms with E-state index in [-0.39, 0.29) is 17.9 Å². The lowest BCUT2D eigenvalue weighted by Crippen LogP contribution is -2.43. The molecule has 0 bridgehead atoms. The molecule has 0 aliphatic carbocycles. The summed E-state index contributed by atoms with van der Waals surface area (Å²) < 4.78 is 5.29. The van der Waals surface area contributed by atoms with Crippen LogP contribution in [0.15, 0.2) is 40.4 Å². The summed E-state index contributed by atoms with van der Waals surface area (Å²) in [6, 6.07) is 11.6. The molecule has 2 aliphatic heterocycles. The highest BCUT2D eigenvalue weighted by atomic mass is 32.1. The van der Waals surface area contributed by atoms with E-state index in [4.69, 9.17) is 9.63 Å². The molecular weight excluding hydrogens is 574 g/mol. The summed E-state index contributed by atoms with van der Waals surface area (Å²) in [6.45, 7) is 18.2. The van der Waals surface area contributed by atoms with Crippen LogP contribution in [0.2, 0.25) is 0 Å². The smallest absolute Gasteiger partial charge is 0.172 e. The van der Waals surface area contributed by atoms with Gasteiger partial charge in [-0.2, -0.15) is 0 Å². The average molecular weight is 630 g/mol. The number of anilines is 1. The van der Waals surface area contributed by atoms with Gasteiger partial charge in [-0.1, -0.05) is 50.2 Å². The molecule has 2 fully saturated rings. The summed E-state index contributed by atoms with van der Waals surface area (Å²) in [5.74, 6) is 1.55. The number of aliphatic hydroxyl groups excluding tert-OH is 1. The lowest BCUT2D eigenvalue weighted by molar-refractivity contribution is -0.110. The average Bonchev–Trinajstić information content (AvgIpc) is 3.76. The molecule has 1 aromatic carbocycles. The Morgan fingerprint density at radius 1 is 1.20 bits per heavy atom. The number of thiazole rings is 1. The van der Waals surface area contributed by atoms with E-state index in [1.54, 1.807) is 11.3 Å². The maximum Gasteiger partial charge on any atom is 0.172 e. The Labute approximate surface area is 268 Å². The number of piperazine rings is 1. The van der Waals surface area contributed by atoms with Gasteiger partial charge in [0.2, 0.25) is 0 Å². The van der Waals surface area contributed by atoms with Crippen molar-refractivity contribution in [2.45, 2.75) is 72.1 Å². The van der Waals surface area contributed by atoms with Gasteiger partial charge in [0.05, 0.1) is 28.1 Å². The molecule has 3 aromatic rings. The summed E-state index contributed by atoms with van der Waals surface area (Å²) in [5, 5.41) is 19.8. The van der Waals surface area contributed by atoms with Crippen LogP contribution in [-0.2, 0) is 4.79 Å². The lowest BCUT2D eigenvalue weighted by atomic mass is 9.95. The predicted octanol–water partition coefficient (Wildman–Crippen LogP) is 4.46. The van der Waals surface area contributed by atoms with Crippen LogP contribution in [0.5, 0.6) is 0 Å². The Bertz CT molecular complexity index is 1180. The zero-order chi connectivity index (χ0) is 32.6. The molecule has 4 heterocycles. The molecular formula is C33H55N7O3S. The number of aliphatic hydroxyl groups is 1. The van der Waals surface area contributed by atoms with Crippen molar-refractivity contribution < 1.29 is 14.4 Å². The third-order valence-electron chi connectivity index (χ3n) is 7.94. The van der Waals surface area contributed by atoms with Crippen molar-refractivity contribution in [3.63, 3.8) is 0 Å². The maximum absolute atomic E-state index is 11.0. The third-order valence-corrected chi connectivity index (χ3v) is 8.92. The molecule has 5 N–H and O–H groups in total. The summed E-state index contributed by atoms with van der Waals surface area (Å²) in [6.07, 6.45) is 1.80. The highest BCUT2D eigenvalue weighted by Crippen LogP contribution is 2.28. The Kier molecular flexibility index (Phi) is 16.8. The van der Waals surface area contributed by atoms with Gasteiger partial charge >= 0.3 is 0 Å². The fraction of sp³-hybridized carbons (Fsp3) is 0.606. The molecule has 2 unspecified atom stereocenters. The second kappa shape index (κ2) is 19.7. The van der Waals surface area contributed by atoms with Gasteiger partial charge in [-0.15, -0.1) is 11.3 Å². The van der Waals surface area contributed by atoms with Crippen molar-refractivity contribution in [1.82, 2.24) is 25.7 Å². The molecule has 5 rings (SSSR count). The predicted molar refractivity (Wildman–Crippen MR) is 182 cm³/mol. The zero-order valence-electron chi connectivity index (χ0n) is 27.9. The molecule has 11 heteroatoms. The monoisotopic (exact) mass is 629 g/mol. The summed E-state index contributed by atoms with van der Waals surface area (Å²) in [4.78, 5) is 20.9. The summed E-state index contributed by atoms with van der Waals surface area (Å²) in [7, 11) is 3.54. The van der Waals surface area contributed by atoms with Gasteiger partial charge in [0, 0.05) is 50.9 Å². The van der Waals surface area contributed by atoms with E-state index in [2.05, 4.69) is 88.3 Å². The van der Waals surface area contributed by atoms with Gasteiger partial charge < -0.3 is 40.6 Å². The molecule has 2 saturated heterocycles. The first-order chi connectivity index (χ1) is 21.1. The Morgan fingerprint density at radius 3 is 2.32 bits per heavy atom.